The first-order chi connectivity index (χ1) is 8.39. The maximum Gasteiger partial charge on any atom is 0.161 e. The van der Waals surface area contributed by atoms with Crippen molar-refractivity contribution in [1.29, 1.82) is 0 Å². The van der Waals surface area contributed by atoms with Crippen molar-refractivity contribution < 1.29 is 4.79 Å². The van der Waals surface area contributed by atoms with Gasteiger partial charge < -0.3 is 4.90 Å². The number of thioether (sulfide) groups is 1. The highest BCUT2D eigenvalue weighted by molar-refractivity contribution is 9.10. The number of benzene rings is 1. The predicted molar refractivity (Wildman–Crippen MR) is 82.9 cm³/mol. The Morgan fingerprint density at radius 3 is 2.78 bits per heavy atom. The molecular formula is C14H18BrNOS. The van der Waals surface area contributed by atoms with Crippen LogP contribution in [0.5, 0.6) is 0 Å². The van der Waals surface area contributed by atoms with Gasteiger partial charge in [0.1, 0.15) is 0 Å². The van der Waals surface area contributed by atoms with Crippen molar-refractivity contribution >= 4 is 39.2 Å². The Balaban J connectivity index is 2.37. The third-order valence-electron chi connectivity index (χ3n) is 3.11. The number of ketones is 1. The second-order valence-electron chi connectivity index (χ2n) is 5.25. The monoisotopic (exact) mass is 327 g/mol. The topological polar surface area (TPSA) is 20.3 Å². The number of rotatable bonds is 2. The molecule has 1 aliphatic heterocycles. The molecule has 1 fully saturated rings. The van der Waals surface area contributed by atoms with Crippen LogP contribution in [0.25, 0.3) is 0 Å². The van der Waals surface area contributed by atoms with Crippen molar-refractivity contribution in [3.05, 3.63) is 28.2 Å². The van der Waals surface area contributed by atoms with Crippen LogP contribution >= 0.6 is 27.7 Å². The summed E-state index contributed by atoms with van der Waals surface area (Å²) in [5.41, 5.74) is 1.88. The van der Waals surface area contributed by atoms with E-state index in [0.717, 1.165) is 34.6 Å². The third kappa shape index (κ3) is 3.09. The van der Waals surface area contributed by atoms with Crippen LogP contribution in [0.4, 0.5) is 5.69 Å². The van der Waals surface area contributed by atoms with Crippen molar-refractivity contribution in [2.45, 2.75) is 25.5 Å². The molecule has 1 aromatic rings. The quantitative estimate of drug-likeness (QED) is 0.766. The highest BCUT2D eigenvalue weighted by Gasteiger charge is 2.28. The second-order valence-corrected chi connectivity index (χ2v) is 7.97. The molecule has 0 radical (unpaired) electrons. The maximum atomic E-state index is 11.7. The number of carbonyl (C=O) groups is 1. The molecule has 1 saturated heterocycles. The zero-order chi connectivity index (χ0) is 13.3. The average molecular weight is 328 g/mol. The van der Waals surface area contributed by atoms with Gasteiger partial charge in [-0.2, -0.15) is 11.8 Å². The van der Waals surface area contributed by atoms with Crippen LogP contribution in [0.1, 0.15) is 31.1 Å². The summed E-state index contributed by atoms with van der Waals surface area (Å²) in [7, 11) is 0. The van der Waals surface area contributed by atoms with Crippen LogP contribution in [-0.4, -0.2) is 29.4 Å². The van der Waals surface area contributed by atoms with E-state index >= 15 is 0 Å². The maximum absolute atomic E-state index is 11.7. The fourth-order valence-electron chi connectivity index (χ4n) is 2.29. The third-order valence-corrected chi connectivity index (χ3v) is 4.90. The lowest BCUT2D eigenvalue weighted by molar-refractivity contribution is 0.101. The zero-order valence-electron chi connectivity index (χ0n) is 11.0. The number of nitrogens with zero attached hydrogens (tertiary/aromatic N) is 1. The molecule has 1 heterocycles. The van der Waals surface area contributed by atoms with Gasteiger partial charge in [-0.05, 0) is 39.0 Å². The van der Waals surface area contributed by atoms with Crippen LogP contribution in [-0.2, 0) is 0 Å². The number of hydrogen-bond donors (Lipinski definition) is 0. The van der Waals surface area contributed by atoms with Crippen LogP contribution in [0.15, 0.2) is 22.7 Å². The lowest BCUT2D eigenvalue weighted by Crippen LogP contribution is -2.43. The Labute approximate surface area is 121 Å². The molecule has 98 valence electrons. The minimum Gasteiger partial charge on any atom is -0.369 e. The molecule has 0 unspecified atom stereocenters. The van der Waals surface area contributed by atoms with E-state index in [0.29, 0.717) is 0 Å². The van der Waals surface area contributed by atoms with E-state index in [1.807, 2.05) is 23.9 Å². The van der Waals surface area contributed by atoms with E-state index in [-0.39, 0.29) is 10.5 Å². The van der Waals surface area contributed by atoms with E-state index in [2.05, 4.69) is 40.7 Å². The molecule has 0 amide bonds. The first kappa shape index (κ1) is 13.9. The fourth-order valence-corrected chi connectivity index (χ4v) is 3.75. The van der Waals surface area contributed by atoms with Gasteiger partial charge in [-0.1, -0.05) is 15.9 Å². The summed E-state index contributed by atoms with van der Waals surface area (Å²) in [6.07, 6.45) is 0. The summed E-state index contributed by atoms with van der Waals surface area (Å²) in [6, 6.07) is 5.91. The zero-order valence-corrected chi connectivity index (χ0v) is 13.4. The second kappa shape index (κ2) is 5.25. The number of hydrogen-bond acceptors (Lipinski definition) is 3. The van der Waals surface area contributed by atoms with Gasteiger partial charge in [0.25, 0.3) is 0 Å². The van der Waals surface area contributed by atoms with E-state index in [4.69, 9.17) is 0 Å². The van der Waals surface area contributed by atoms with E-state index < -0.39 is 0 Å². The van der Waals surface area contributed by atoms with E-state index in [1.54, 1.807) is 6.92 Å². The lowest BCUT2D eigenvalue weighted by atomic mass is 10.1. The molecular weight excluding hydrogens is 310 g/mol. The van der Waals surface area contributed by atoms with Crippen molar-refractivity contribution in [3.8, 4) is 0 Å². The molecule has 0 atom stereocenters. The van der Waals surface area contributed by atoms with Crippen molar-refractivity contribution in [2.24, 2.45) is 0 Å². The van der Waals surface area contributed by atoms with Crippen LogP contribution < -0.4 is 4.90 Å². The Morgan fingerprint density at radius 1 is 1.44 bits per heavy atom. The Morgan fingerprint density at radius 2 is 2.17 bits per heavy atom. The molecule has 18 heavy (non-hydrogen) atoms. The summed E-state index contributed by atoms with van der Waals surface area (Å²) in [5.74, 6) is 1.24. The first-order valence-electron chi connectivity index (χ1n) is 6.08. The average Bonchev–Trinajstić information content (AvgIpc) is 2.27. The molecule has 1 aliphatic rings. The lowest BCUT2D eigenvalue weighted by Gasteiger charge is -2.39. The summed E-state index contributed by atoms with van der Waals surface area (Å²) in [6.45, 7) is 8.14. The summed E-state index contributed by atoms with van der Waals surface area (Å²) >= 11 is 5.50. The summed E-state index contributed by atoms with van der Waals surface area (Å²) < 4.78 is 1.27. The molecule has 2 nitrogen and oxygen atoms in total. The summed E-state index contributed by atoms with van der Waals surface area (Å²) in [4.78, 5) is 14.1. The molecule has 2 rings (SSSR count). The molecule has 0 aliphatic carbocycles. The molecule has 0 spiro atoms. The standard InChI is InChI=1S/C14H18BrNOS/c1-10(17)12-5-4-11(15)8-13(12)16-6-7-18-14(2,3)9-16/h4-5,8H,6-7,9H2,1-3H3. The van der Waals surface area contributed by atoms with Crippen LogP contribution in [0, 0.1) is 0 Å². The van der Waals surface area contributed by atoms with Gasteiger partial charge in [-0.3, -0.25) is 4.79 Å². The number of halogens is 1. The first-order valence-corrected chi connectivity index (χ1v) is 7.86. The molecule has 4 heteroatoms. The van der Waals surface area contributed by atoms with E-state index in [9.17, 15) is 4.79 Å². The van der Waals surface area contributed by atoms with Crippen LogP contribution in [0.3, 0.4) is 0 Å². The largest absolute Gasteiger partial charge is 0.369 e. The smallest absolute Gasteiger partial charge is 0.161 e. The van der Waals surface area contributed by atoms with Gasteiger partial charge in [-0.15, -0.1) is 0 Å². The Hall–Kier alpha value is -0.480. The SMILES string of the molecule is CC(=O)c1ccc(Br)cc1N1CCSC(C)(C)C1. The van der Waals surface area contributed by atoms with Gasteiger partial charge in [0.2, 0.25) is 0 Å². The number of Topliss-reactive ketones (excluding diaryl/α,β-unsaturated/α-hetero) is 1. The predicted octanol–water partition coefficient (Wildman–Crippen LogP) is 3.98. The van der Waals surface area contributed by atoms with Gasteiger partial charge in [0.15, 0.2) is 5.78 Å². The Bertz CT molecular complexity index is 473. The number of anilines is 1. The minimum absolute atomic E-state index is 0.133. The molecule has 1 aromatic carbocycles. The van der Waals surface area contributed by atoms with Crippen molar-refractivity contribution in [2.75, 3.05) is 23.7 Å². The molecule has 0 saturated carbocycles. The highest BCUT2D eigenvalue weighted by Crippen LogP contribution is 2.34. The molecule has 0 N–H and O–H groups in total. The fraction of sp³-hybridized carbons (Fsp3) is 0.500. The molecule has 0 bridgehead atoms. The van der Waals surface area contributed by atoms with Crippen molar-refractivity contribution in [3.63, 3.8) is 0 Å². The summed E-state index contributed by atoms with van der Waals surface area (Å²) in [5, 5.41) is 0. The number of carbonyl (C=O) groups excluding carboxylic acids is 1. The van der Waals surface area contributed by atoms with Crippen LogP contribution in [0.2, 0.25) is 0 Å². The Kier molecular flexibility index (Phi) is 4.07. The minimum atomic E-state index is 0.133. The van der Waals surface area contributed by atoms with Gasteiger partial charge in [-0.25, -0.2) is 0 Å². The van der Waals surface area contributed by atoms with E-state index in [1.165, 1.54) is 0 Å². The highest BCUT2D eigenvalue weighted by atomic mass is 79.9. The molecule has 0 aromatic heterocycles. The van der Waals surface area contributed by atoms with Gasteiger partial charge >= 0.3 is 0 Å². The normalized spacial score (nSPS) is 18.8. The van der Waals surface area contributed by atoms with Crippen molar-refractivity contribution in [1.82, 2.24) is 0 Å². The van der Waals surface area contributed by atoms with Gasteiger partial charge in [0, 0.05) is 39.3 Å². The van der Waals surface area contributed by atoms with Gasteiger partial charge in [0.05, 0.1) is 0 Å².